The van der Waals surface area contributed by atoms with Gasteiger partial charge >= 0.3 is 18.1 Å². The van der Waals surface area contributed by atoms with Crippen LogP contribution in [0.5, 0.6) is 0 Å². The van der Waals surface area contributed by atoms with E-state index in [2.05, 4.69) is 10.3 Å². The zero-order chi connectivity index (χ0) is 16.9. The quantitative estimate of drug-likeness (QED) is 0.730. The molecule has 22 heavy (non-hydrogen) atoms. The van der Waals surface area contributed by atoms with Crippen molar-refractivity contribution in [1.29, 1.82) is 0 Å². The summed E-state index contributed by atoms with van der Waals surface area (Å²) in [5.41, 5.74) is -0.273. The van der Waals surface area contributed by atoms with Gasteiger partial charge in [0.05, 0.1) is 0 Å². The number of alkyl halides is 3. The van der Waals surface area contributed by atoms with Crippen LogP contribution >= 0.6 is 11.3 Å². The van der Waals surface area contributed by atoms with Gasteiger partial charge in [0.2, 0.25) is 0 Å². The third-order valence-electron chi connectivity index (χ3n) is 2.40. The summed E-state index contributed by atoms with van der Waals surface area (Å²) in [7, 11) is 0. The number of rotatable bonds is 6. The van der Waals surface area contributed by atoms with Gasteiger partial charge in [-0.3, -0.25) is 14.9 Å². The van der Waals surface area contributed by atoms with Crippen molar-refractivity contribution >= 4 is 34.3 Å². The van der Waals surface area contributed by atoms with Crippen LogP contribution in [0.3, 0.4) is 0 Å². The molecule has 1 rings (SSSR count). The van der Waals surface area contributed by atoms with Crippen molar-refractivity contribution in [2.24, 2.45) is 0 Å². The Hall–Kier alpha value is -2.17. The SMILES string of the molecule is CCCC(NC(=O)c1csc(NC(=O)C(F)(F)F)n1)C(=O)O. The van der Waals surface area contributed by atoms with Crippen molar-refractivity contribution in [3.8, 4) is 0 Å². The normalized spacial score (nSPS) is 12.5. The van der Waals surface area contributed by atoms with Gasteiger partial charge in [-0.1, -0.05) is 13.3 Å². The molecule has 0 bridgehead atoms. The van der Waals surface area contributed by atoms with Crippen molar-refractivity contribution in [2.75, 3.05) is 5.32 Å². The molecule has 1 heterocycles. The molecule has 1 aromatic rings. The maximum atomic E-state index is 12.1. The largest absolute Gasteiger partial charge is 0.480 e. The molecule has 1 atom stereocenters. The smallest absolute Gasteiger partial charge is 0.471 e. The molecule has 11 heteroatoms. The number of hydrogen-bond donors (Lipinski definition) is 3. The fraction of sp³-hybridized carbons (Fsp3) is 0.455. The molecule has 1 unspecified atom stereocenters. The summed E-state index contributed by atoms with van der Waals surface area (Å²) >= 11 is 0.620. The van der Waals surface area contributed by atoms with Gasteiger partial charge in [0.1, 0.15) is 11.7 Å². The zero-order valence-electron chi connectivity index (χ0n) is 11.2. The number of aliphatic carboxylic acids is 1. The summed E-state index contributed by atoms with van der Waals surface area (Å²) in [6, 6.07) is -1.12. The van der Waals surface area contributed by atoms with E-state index >= 15 is 0 Å². The molecular formula is C11H12F3N3O4S. The first-order valence-electron chi connectivity index (χ1n) is 6.02. The number of nitrogens with zero attached hydrogens (tertiary/aromatic N) is 1. The number of amides is 2. The Bertz CT molecular complexity index is 573. The van der Waals surface area contributed by atoms with Gasteiger partial charge in [-0.15, -0.1) is 11.3 Å². The molecule has 0 radical (unpaired) electrons. The molecule has 0 saturated heterocycles. The molecule has 1 aromatic heterocycles. The van der Waals surface area contributed by atoms with Crippen molar-refractivity contribution in [3.63, 3.8) is 0 Å². The Balaban J connectivity index is 2.73. The van der Waals surface area contributed by atoms with Crippen molar-refractivity contribution in [1.82, 2.24) is 10.3 Å². The molecule has 2 amide bonds. The summed E-state index contributed by atoms with van der Waals surface area (Å²) in [5.74, 6) is -4.27. The first-order chi connectivity index (χ1) is 10.1. The van der Waals surface area contributed by atoms with Gasteiger partial charge in [0, 0.05) is 5.38 Å². The van der Waals surface area contributed by atoms with Crippen LogP contribution in [0.15, 0.2) is 5.38 Å². The van der Waals surface area contributed by atoms with Gasteiger partial charge in [-0.2, -0.15) is 13.2 Å². The van der Waals surface area contributed by atoms with E-state index in [4.69, 9.17) is 5.11 Å². The number of nitrogens with one attached hydrogen (secondary N) is 2. The van der Waals surface area contributed by atoms with E-state index in [0.29, 0.717) is 17.8 Å². The number of thiazole rings is 1. The molecular weight excluding hydrogens is 327 g/mol. The van der Waals surface area contributed by atoms with E-state index in [0.717, 1.165) is 5.38 Å². The second-order valence-corrected chi connectivity index (χ2v) is 5.00. The molecule has 0 saturated carbocycles. The van der Waals surface area contributed by atoms with E-state index in [1.807, 2.05) is 0 Å². The lowest BCUT2D eigenvalue weighted by Gasteiger charge is -2.12. The minimum Gasteiger partial charge on any atom is -0.480 e. The summed E-state index contributed by atoms with van der Waals surface area (Å²) in [5, 5.41) is 13.3. The minimum absolute atomic E-state index is 0.197. The van der Waals surface area contributed by atoms with Crippen LogP contribution in [0.2, 0.25) is 0 Å². The summed E-state index contributed by atoms with van der Waals surface area (Å²) in [6.45, 7) is 1.73. The number of aromatic nitrogens is 1. The van der Waals surface area contributed by atoms with E-state index in [9.17, 15) is 27.6 Å². The first kappa shape index (κ1) is 17.9. The topological polar surface area (TPSA) is 108 Å². The molecule has 3 N–H and O–H groups in total. The Morgan fingerprint density at radius 2 is 2.05 bits per heavy atom. The summed E-state index contributed by atoms with van der Waals surface area (Å²) in [4.78, 5) is 36.9. The van der Waals surface area contributed by atoms with E-state index < -0.39 is 35.1 Å². The lowest BCUT2D eigenvalue weighted by molar-refractivity contribution is -0.167. The fourth-order valence-electron chi connectivity index (χ4n) is 1.38. The van der Waals surface area contributed by atoms with E-state index in [-0.39, 0.29) is 12.1 Å². The molecule has 7 nitrogen and oxygen atoms in total. The second-order valence-electron chi connectivity index (χ2n) is 4.14. The van der Waals surface area contributed by atoms with Gasteiger partial charge in [0.15, 0.2) is 5.13 Å². The molecule has 122 valence electrons. The zero-order valence-corrected chi connectivity index (χ0v) is 12.0. The van der Waals surface area contributed by atoms with Gasteiger partial charge in [-0.25, -0.2) is 9.78 Å². The van der Waals surface area contributed by atoms with Crippen molar-refractivity contribution in [2.45, 2.75) is 32.0 Å². The molecule has 0 fully saturated rings. The van der Waals surface area contributed by atoms with Crippen LogP contribution in [-0.2, 0) is 9.59 Å². The van der Waals surface area contributed by atoms with Crippen LogP contribution in [-0.4, -0.2) is 40.1 Å². The van der Waals surface area contributed by atoms with Crippen molar-refractivity contribution in [3.05, 3.63) is 11.1 Å². The predicted octanol–water partition coefficient (Wildman–Crippen LogP) is 1.63. The average molecular weight is 339 g/mol. The van der Waals surface area contributed by atoms with Gasteiger partial charge in [0.25, 0.3) is 5.91 Å². The highest BCUT2D eigenvalue weighted by Gasteiger charge is 2.39. The van der Waals surface area contributed by atoms with Crippen LogP contribution in [0.4, 0.5) is 18.3 Å². The highest BCUT2D eigenvalue weighted by atomic mass is 32.1. The molecule has 0 aromatic carbocycles. The van der Waals surface area contributed by atoms with Crippen molar-refractivity contribution < 1.29 is 32.7 Å². The third kappa shape index (κ3) is 4.98. The monoisotopic (exact) mass is 339 g/mol. The maximum absolute atomic E-state index is 12.1. The van der Waals surface area contributed by atoms with E-state index in [1.165, 1.54) is 5.32 Å². The highest BCUT2D eigenvalue weighted by molar-refractivity contribution is 7.14. The van der Waals surface area contributed by atoms with E-state index in [1.54, 1.807) is 6.92 Å². The Labute approximate surface area is 126 Å². The van der Waals surface area contributed by atoms with Gasteiger partial charge in [-0.05, 0) is 6.42 Å². The number of carbonyl (C=O) groups excluding carboxylic acids is 2. The first-order valence-corrected chi connectivity index (χ1v) is 6.90. The Kier molecular flexibility index (Phi) is 5.85. The standard InChI is InChI=1S/C11H12F3N3O4S/c1-2-3-5(8(19)20)15-7(18)6-4-22-10(16-6)17-9(21)11(12,13)14/h4-5H,2-3H2,1H3,(H,15,18)(H,19,20)(H,16,17,21). The highest BCUT2D eigenvalue weighted by Crippen LogP contribution is 2.21. The molecule has 0 aliphatic heterocycles. The molecule has 0 aliphatic carbocycles. The van der Waals surface area contributed by atoms with Crippen LogP contribution in [0.25, 0.3) is 0 Å². The average Bonchev–Trinajstić information content (AvgIpc) is 2.85. The third-order valence-corrected chi connectivity index (χ3v) is 3.15. The number of carboxylic acid groups (broad SMARTS) is 1. The second kappa shape index (κ2) is 7.20. The summed E-state index contributed by atoms with van der Waals surface area (Å²) < 4.78 is 36.2. The number of halogens is 3. The van der Waals surface area contributed by atoms with Crippen LogP contribution < -0.4 is 10.6 Å². The lowest BCUT2D eigenvalue weighted by atomic mass is 10.1. The van der Waals surface area contributed by atoms with Crippen LogP contribution in [0.1, 0.15) is 30.3 Å². The number of hydrogen-bond acceptors (Lipinski definition) is 5. The fourth-order valence-corrected chi connectivity index (χ4v) is 2.07. The van der Waals surface area contributed by atoms with Gasteiger partial charge < -0.3 is 10.4 Å². The minimum atomic E-state index is -5.07. The Morgan fingerprint density at radius 1 is 1.41 bits per heavy atom. The summed E-state index contributed by atoms with van der Waals surface area (Å²) in [6.07, 6.45) is -4.35. The number of anilines is 1. The maximum Gasteiger partial charge on any atom is 0.471 e. The molecule has 0 spiro atoms. The predicted molar refractivity (Wildman–Crippen MR) is 70.6 cm³/mol. The number of carboxylic acids is 1. The molecule has 0 aliphatic rings. The van der Waals surface area contributed by atoms with Crippen LogP contribution in [0, 0.1) is 0 Å². The Morgan fingerprint density at radius 3 is 2.55 bits per heavy atom. The lowest BCUT2D eigenvalue weighted by Crippen LogP contribution is -2.40. The number of carbonyl (C=O) groups is 3.